The van der Waals surface area contributed by atoms with Gasteiger partial charge in [0.1, 0.15) is 0 Å². The van der Waals surface area contributed by atoms with Gasteiger partial charge in [-0.3, -0.25) is 9.59 Å². The van der Waals surface area contributed by atoms with Crippen molar-refractivity contribution in [3.05, 3.63) is 28.2 Å². The van der Waals surface area contributed by atoms with E-state index in [1.807, 2.05) is 25.1 Å². The quantitative estimate of drug-likeness (QED) is 0.871. The molecule has 1 aliphatic rings. The molecule has 0 unspecified atom stereocenters. The number of benzene rings is 1. The van der Waals surface area contributed by atoms with Gasteiger partial charge in [-0.2, -0.15) is 0 Å². The van der Waals surface area contributed by atoms with Crippen LogP contribution in [0.2, 0.25) is 0 Å². The van der Waals surface area contributed by atoms with Gasteiger partial charge in [-0.05, 0) is 43.5 Å². The minimum Gasteiger partial charge on any atom is -0.381 e. The predicted octanol–water partition coefficient (Wildman–Crippen LogP) is 2.24. The molecule has 1 aromatic carbocycles. The summed E-state index contributed by atoms with van der Waals surface area (Å²) in [4.78, 5) is 23.7. The largest absolute Gasteiger partial charge is 0.381 e. The Morgan fingerprint density at radius 3 is 2.71 bits per heavy atom. The number of hydrogen-bond acceptors (Lipinski definition) is 3. The highest BCUT2D eigenvalue weighted by atomic mass is 79.9. The van der Waals surface area contributed by atoms with Crippen molar-refractivity contribution >= 4 is 33.4 Å². The summed E-state index contributed by atoms with van der Waals surface area (Å²) in [5, 5.41) is 5.45. The second-order valence-corrected chi connectivity index (χ2v) is 5.97. The van der Waals surface area contributed by atoms with Gasteiger partial charge in [0.15, 0.2) is 0 Å². The molecule has 0 saturated carbocycles. The molecule has 1 aromatic rings. The average molecular weight is 355 g/mol. The Kier molecular flexibility index (Phi) is 5.76. The van der Waals surface area contributed by atoms with Crippen LogP contribution in [0.1, 0.15) is 18.4 Å². The van der Waals surface area contributed by atoms with E-state index in [0.29, 0.717) is 13.2 Å². The molecule has 1 saturated heterocycles. The molecule has 1 aliphatic heterocycles. The number of aryl methyl sites for hydroxylation is 1. The molecule has 2 N–H and O–H groups in total. The van der Waals surface area contributed by atoms with Crippen molar-refractivity contribution in [2.75, 3.05) is 25.1 Å². The number of carbonyl (C=O) groups is 2. The third-order valence-electron chi connectivity index (χ3n) is 3.46. The van der Waals surface area contributed by atoms with E-state index in [-0.39, 0.29) is 24.3 Å². The fourth-order valence-electron chi connectivity index (χ4n) is 2.20. The Hall–Kier alpha value is -1.40. The van der Waals surface area contributed by atoms with Crippen molar-refractivity contribution in [3.8, 4) is 0 Å². The minimum absolute atomic E-state index is 0.00863. The molecule has 2 rings (SSSR count). The van der Waals surface area contributed by atoms with Crippen LogP contribution < -0.4 is 10.6 Å². The summed E-state index contributed by atoms with van der Waals surface area (Å²) in [5.41, 5.74) is 1.76. The number of hydrogen-bond donors (Lipinski definition) is 2. The Morgan fingerprint density at radius 1 is 1.33 bits per heavy atom. The molecular weight excluding hydrogens is 336 g/mol. The highest BCUT2D eigenvalue weighted by molar-refractivity contribution is 9.10. The smallest absolute Gasteiger partial charge is 0.243 e. The maximum absolute atomic E-state index is 11.9. The Morgan fingerprint density at radius 2 is 2.05 bits per heavy atom. The number of halogens is 1. The van der Waals surface area contributed by atoms with Crippen LogP contribution in [-0.2, 0) is 14.3 Å². The van der Waals surface area contributed by atoms with Crippen LogP contribution in [0, 0.1) is 12.8 Å². The molecular formula is C15H19BrN2O3. The molecule has 1 fully saturated rings. The van der Waals surface area contributed by atoms with E-state index in [2.05, 4.69) is 26.6 Å². The average Bonchev–Trinajstić information content (AvgIpc) is 2.49. The number of ether oxygens (including phenoxy) is 1. The molecule has 0 aromatic heterocycles. The predicted molar refractivity (Wildman–Crippen MR) is 84.1 cm³/mol. The molecule has 114 valence electrons. The first-order chi connectivity index (χ1) is 10.1. The number of anilines is 1. The maximum Gasteiger partial charge on any atom is 0.243 e. The number of nitrogens with one attached hydrogen (secondary N) is 2. The van der Waals surface area contributed by atoms with E-state index >= 15 is 0 Å². The number of rotatable bonds is 4. The first-order valence-electron chi connectivity index (χ1n) is 6.97. The standard InChI is InChI=1S/C15H19BrN2O3/c1-10-8-12(2-3-13(10)16)18-14(19)9-17-15(20)11-4-6-21-7-5-11/h2-3,8,11H,4-7,9H2,1H3,(H,17,20)(H,18,19). The summed E-state index contributed by atoms with van der Waals surface area (Å²) < 4.78 is 6.21. The van der Waals surface area contributed by atoms with Crippen molar-refractivity contribution in [1.82, 2.24) is 5.32 Å². The minimum atomic E-state index is -0.225. The topological polar surface area (TPSA) is 67.4 Å². The molecule has 1 heterocycles. The third kappa shape index (κ3) is 4.82. The molecule has 0 bridgehead atoms. The van der Waals surface area contributed by atoms with Crippen molar-refractivity contribution in [2.24, 2.45) is 5.92 Å². The third-order valence-corrected chi connectivity index (χ3v) is 4.35. The van der Waals surface area contributed by atoms with Gasteiger partial charge in [0.2, 0.25) is 11.8 Å². The Balaban J connectivity index is 1.78. The van der Waals surface area contributed by atoms with E-state index in [0.717, 1.165) is 28.6 Å². The summed E-state index contributed by atoms with van der Waals surface area (Å²) in [5.74, 6) is -0.334. The van der Waals surface area contributed by atoms with Crippen LogP contribution in [-0.4, -0.2) is 31.6 Å². The summed E-state index contributed by atoms with van der Waals surface area (Å²) in [6, 6.07) is 5.57. The molecule has 0 radical (unpaired) electrons. The van der Waals surface area contributed by atoms with Crippen molar-refractivity contribution in [1.29, 1.82) is 0 Å². The Bertz CT molecular complexity index is 528. The molecule has 21 heavy (non-hydrogen) atoms. The molecule has 6 heteroatoms. The van der Waals surface area contributed by atoms with Gasteiger partial charge in [0.25, 0.3) is 0 Å². The van der Waals surface area contributed by atoms with Crippen LogP contribution >= 0.6 is 15.9 Å². The summed E-state index contributed by atoms with van der Waals surface area (Å²) in [7, 11) is 0. The summed E-state index contributed by atoms with van der Waals surface area (Å²) >= 11 is 3.41. The van der Waals surface area contributed by atoms with Gasteiger partial charge < -0.3 is 15.4 Å². The molecule has 0 aliphatic carbocycles. The van der Waals surface area contributed by atoms with E-state index in [1.165, 1.54) is 0 Å². The fourth-order valence-corrected chi connectivity index (χ4v) is 2.45. The zero-order valence-corrected chi connectivity index (χ0v) is 13.5. The normalized spacial score (nSPS) is 15.5. The monoisotopic (exact) mass is 354 g/mol. The van der Waals surface area contributed by atoms with Gasteiger partial charge >= 0.3 is 0 Å². The van der Waals surface area contributed by atoms with Crippen LogP contribution in [0.15, 0.2) is 22.7 Å². The highest BCUT2D eigenvalue weighted by Gasteiger charge is 2.21. The van der Waals surface area contributed by atoms with Crippen molar-refractivity contribution < 1.29 is 14.3 Å². The van der Waals surface area contributed by atoms with Crippen molar-refractivity contribution in [2.45, 2.75) is 19.8 Å². The lowest BCUT2D eigenvalue weighted by Crippen LogP contribution is -2.38. The maximum atomic E-state index is 11.9. The van der Waals surface area contributed by atoms with Gasteiger partial charge in [0.05, 0.1) is 6.54 Å². The first kappa shape index (κ1) is 16.0. The van der Waals surface area contributed by atoms with Crippen molar-refractivity contribution in [3.63, 3.8) is 0 Å². The van der Waals surface area contributed by atoms with Crippen LogP contribution in [0.25, 0.3) is 0 Å². The fraction of sp³-hybridized carbons (Fsp3) is 0.467. The lowest BCUT2D eigenvalue weighted by atomic mass is 9.99. The van der Waals surface area contributed by atoms with Gasteiger partial charge in [0, 0.05) is 29.3 Å². The van der Waals surface area contributed by atoms with Gasteiger partial charge in [-0.1, -0.05) is 15.9 Å². The van der Waals surface area contributed by atoms with E-state index in [9.17, 15) is 9.59 Å². The number of carbonyl (C=O) groups excluding carboxylic acids is 2. The molecule has 0 spiro atoms. The van der Waals surface area contributed by atoms with E-state index in [4.69, 9.17) is 4.74 Å². The lowest BCUT2D eigenvalue weighted by Gasteiger charge is -2.21. The highest BCUT2D eigenvalue weighted by Crippen LogP contribution is 2.20. The molecule has 0 atom stereocenters. The zero-order chi connectivity index (χ0) is 15.2. The van der Waals surface area contributed by atoms with Crippen LogP contribution in [0.3, 0.4) is 0 Å². The van der Waals surface area contributed by atoms with Crippen LogP contribution in [0.4, 0.5) is 5.69 Å². The SMILES string of the molecule is Cc1cc(NC(=O)CNC(=O)C2CCOCC2)ccc1Br. The second-order valence-electron chi connectivity index (χ2n) is 5.12. The van der Waals surface area contributed by atoms with Gasteiger partial charge in [-0.15, -0.1) is 0 Å². The van der Waals surface area contributed by atoms with E-state index in [1.54, 1.807) is 0 Å². The van der Waals surface area contributed by atoms with Gasteiger partial charge in [-0.25, -0.2) is 0 Å². The molecule has 2 amide bonds. The zero-order valence-electron chi connectivity index (χ0n) is 11.9. The lowest BCUT2D eigenvalue weighted by molar-refractivity contribution is -0.129. The van der Waals surface area contributed by atoms with Crippen LogP contribution in [0.5, 0.6) is 0 Å². The van der Waals surface area contributed by atoms with E-state index < -0.39 is 0 Å². The summed E-state index contributed by atoms with van der Waals surface area (Å²) in [6.07, 6.45) is 1.44. The molecule has 5 nitrogen and oxygen atoms in total. The number of amides is 2. The summed E-state index contributed by atoms with van der Waals surface area (Å²) in [6.45, 7) is 3.17. The second kappa shape index (κ2) is 7.56. The Labute approximate surface area is 132 Å². The first-order valence-corrected chi connectivity index (χ1v) is 7.77.